The standard InChI is InChI=1S/C32H30F2N4O/c1-20-26-19-35-38(25-15-13-24(33)14-16-25)30(26)18-23-12-11-22(31(20)23)17-29(21-7-3-2-4-8-21)37-32(39)36-28-10-6-5-9-27(28)34/h2-10,13-16,19-20,22,29H,11-12,17-18H2,1H3,(H2,36,37,39)/t20-,22+,29?/m0/s1. The smallest absolute Gasteiger partial charge is 0.319 e. The zero-order chi connectivity index (χ0) is 26.9. The van der Waals surface area contributed by atoms with Gasteiger partial charge in [-0.05, 0) is 67.1 Å². The van der Waals surface area contributed by atoms with E-state index in [1.165, 1.54) is 34.9 Å². The summed E-state index contributed by atoms with van der Waals surface area (Å²) < 4.78 is 29.6. The molecule has 0 saturated carbocycles. The number of nitrogens with one attached hydrogen (secondary N) is 2. The molecule has 4 aromatic rings. The number of urea groups is 1. The molecule has 0 bridgehead atoms. The van der Waals surface area contributed by atoms with Gasteiger partial charge in [-0.3, -0.25) is 0 Å². The molecule has 3 atom stereocenters. The summed E-state index contributed by atoms with van der Waals surface area (Å²) in [5, 5.41) is 10.4. The summed E-state index contributed by atoms with van der Waals surface area (Å²) in [4.78, 5) is 13.0. The quantitative estimate of drug-likeness (QED) is 0.257. The van der Waals surface area contributed by atoms with Crippen molar-refractivity contribution in [1.82, 2.24) is 15.1 Å². The van der Waals surface area contributed by atoms with Crippen LogP contribution in [0.4, 0.5) is 19.3 Å². The van der Waals surface area contributed by atoms with Gasteiger partial charge in [-0.25, -0.2) is 18.3 Å². The summed E-state index contributed by atoms with van der Waals surface area (Å²) in [6.07, 6.45) is 5.53. The average molecular weight is 525 g/mol. The van der Waals surface area contributed by atoms with Gasteiger partial charge in [0.1, 0.15) is 11.6 Å². The van der Waals surface area contributed by atoms with Crippen LogP contribution >= 0.6 is 0 Å². The van der Waals surface area contributed by atoms with Crippen LogP contribution in [0.15, 0.2) is 96.2 Å². The topological polar surface area (TPSA) is 59.0 Å². The van der Waals surface area contributed by atoms with Crippen LogP contribution in [0.25, 0.3) is 5.69 Å². The Balaban J connectivity index is 1.24. The molecule has 0 fully saturated rings. The summed E-state index contributed by atoms with van der Waals surface area (Å²) >= 11 is 0. The summed E-state index contributed by atoms with van der Waals surface area (Å²) in [5.74, 6) is -0.228. The highest BCUT2D eigenvalue weighted by Crippen LogP contribution is 2.49. The molecule has 39 heavy (non-hydrogen) atoms. The van der Waals surface area contributed by atoms with Crippen molar-refractivity contribution in [3.8, 4) is 5.69 Å². The fraction of sp³-hybridized carbons (Fsp3) is 0.250. The van der Waals surface area contributed by atoms with Crippen LogP contribution in [0.5, 0.6) is 0 Å². The van der Waals surface area contributed by atoms with E-state index in [1.807, 2.05) is 41.2 Å². The lowest BCUT2D eigenvalue weighted by atomic mass is 9.78. The zero-order valence-electron chi connectivity index (χ0n) is 21.7. The van der Waals surface area contributed by atoms with E-state index in [-0.39, 0.29) is 23.5 Å². The van der Waals surface area contributed by atoms with Crippen molar-refractivity contribution >= 4 is 11.7 Å². The number of fused-ring (bicyclic) bond motifs is 1. The molecule has 5 nitrogen and oxygen atoms in total. The number of rotatable bonds is 6. The van der Waals surface area contributed by atoms with Crippen molar-refractivity contribution in [2.45, 2.75) is 44.6 Å². The minimum absolute atomic E-state index is 0.152. The van der Waals surface area contributed by atoms with Gasteiger partial charge in [-0.2, -0.15) is 5.10 Å². The summed E-state index contributed by atoms with van der Waals surface area (Å²) in [6.45, 7) is 2.23. The van der Waals surface area contributed by atoms with Crippen LogP contribution in [0.1, 0.15) is 55.0 Å². The molecular formula is C32H30F2N4O. The first kappa shape index (κ1) is 25.0. The van der Waals surface area contributed by atoms with Crippen molar-refractivity contribution in [1.29, 1.82) is 0 Å². The Kier molecular flexibility index (Phi) is 6.73. The number of halogens is 2. The number of allylic oxidation sites excluding steroid dienone is 2. The molecule has 0 radical (unpaired) electrons. The van der Waals surface area contributed by atoms with Crippen molar-refractivity contribution in [3.63, 3.8) is 0 Å². The first-order valence-electron chi connectivity index (χ1n) is 13.4. The lowest BCUT2D eigenvalue weighted by Crippen LogP contribution is -2.34. The number of hydrogen-bond acceptors (Lipinski definition) is 2. The monoisotopic (exact) mass is 524 g/mol. The number of nitrogens with zero attached hydrogens (tertiary/aromatic N) is 2. The zero-order valence-corrected chi connectivity index (χ0v) is 21.7. The minimum Gasteiger partial charge on any atom is -0.331 e. The maximum Gasteiger partial charge on any atom is 0.319 e. The Morgan fingerprint density at radius 1 is 1.03 bits per heavy atom. The number of hydrogen-bond donors (Lipinski definition) is 2. The van der Waals surface area contributed by atoms with Crippen molar-refractivity contribution in [3.05, 3.63) is 125 Å². The number of benzene rings is 3. The average Bonchev–Trinajstić information content (AvgIpc) is 3.55. The molecular weight excluding hydrogens is 494 g/mol. The molecule has 2 aliphatic carbocycles. The van der Waals surface area contributed by atoms with Crippen LogP contribution in [-0.4, -0.2) is 15.8 Å². The lowest BCUT2D eigenvalue weighted by molar-refractivity contribution is 0.246. The minimum atomic E-state index is -0.470. The van der Waals surface area contributed by atoms with Gasteiger partial charge >= 0.3 is 6.03 Å². The first-order valence-corrected chi connectivity index (χ1v) is 13.4. The molecule has 0 spiro atoms. The Labute approximate surface area is 226 Å². The largest absolute Gasteiger partial charge is 0.331 e. The molecule has 2 N–H and O–H groups in total. The Hall–Kier alpha value is -4.26. The molecule has 2 aliphatic rings. The second-order valence-electron chi connectivity index (χ2n) is 10.4. The second kappa shape index (κ2) is 10.5. The van der Waals surface area contributed by atoms with Gasteiger partial charge in [0, 0.05) is 17.9 Å². The Morgan fingerprint density at radius 3 is 2.54 bits per heavy atom. The number of aromatic nitrogens is 2. The van der Waals surface area contributed by atoms with E-state index in [4.69, 9.17) is 0 Å². The fourth-order valence-corrected chi connectivity index (χ4v) is 6.26. The maximum atomic E-state index is 14.1. The van der Waals surface area contributed by atoms with Crippen LogP contribution < -0.4 is 10.6 Å². The van der Waals surface area contributed by atoms with Gasteiger partial charge in [-0.15, -0.1) is 0 Å². The number of amides is 2. The SMILES string of the molecule is C[C@@H]1C2=C(CC[C@@H]2CC(NC(=O)Nc2ccccc2F)c2ccccc2)Cc2c1cnn2-c1ccc(F)cc1. The van der Waals surface area contributed by atoms with Crippen LogP contribution in [0.2, 0.25) is 0 Å². The highest BCUT2D eigenvalue weighted by molar-refractivity contribution is 5.89. The third-order valence-corrected chi connectivity index (χ3v) is 8.08. The van der Waals surface area contributed by atoms with Crippen LogP contribution in [0, 0.1) is 17.6 Å². The Bertz CT molecular complexity index is 1530. The number of anilines is 1. The van der Waals surface area contributed by atoms with Gasteiger partial charge in [-0.1, -0.05) is 60.5 Å². The van der Waals surface area contributed by atoms with Gasteiger partial charge in [0.2, 0.25) is 0 Å². The van der Waals surface area contributed by atoms with Gasteiger partial charge in [0.15, 0.2) is 0 Å². The maximum absolute atomic E-state index is 14.1. The van der Waals surface area contributed by atoms with Crippen LogP contribution in [0.3, 0.4) is 0 Å². The summed E-state index contributed by atoms with van der Waals surface area (Å²) in [6, 6.07) is 21.9. The molecule has 0 saturated heterocycles. The number of carbonyl (C=O) groups is 1. The molecule has 0 aliphatic heterocycles. The number of para-hydroxylation sites is 1. The highest BCUT2D eigenvalue weighted by Gasteiger charge is 2.37. The molecule has 6 rings (SSSR count). The summed E-state index contributed by atoms with van der Waals surface area (Å²) in [7, 11) is 0. The predicted molar refractivity (Wildman–Crippen MR) is 148 cm³/mol. The van der Waals surface area contributed by atoms with E-state index in [9.17, 15) is 13.6 Å². The highest BCUT2D eigenvalue weighted by atomic mass is 19.1. The van der Waals surface area contributed by atoms with E-state index < -0.39 is 11.8 Å². The molecule has 198 valence electrons. The second-order valence-corrected chi connectivity index (χ2v) is 10.4. The Morgan fingerprint density at radius 2 is 1.77 bits per heavy atom. The van der Waals surface area contributed by atoms with Gasteiger partial charge < -0.3 is 10.6 Å². The van der Waals surface area contributed by atoms with Gasteiger partial charge in [0.25, 0.3) is 0 Å². The van der Waals surface area contributed by atoms with E-state index >= 15 is 0 Å². The first-order chi connectivity index (χ1) is 19.0. The lowest BCUT2D eigenvalue weighted by Gasteiger charge is -2.30. The van der Waals surface area contributed by atoms with E-state index in [0.29, 0.717) is 5.92 Å². The molecule has 2 amide bonds. The van der Waals surface area contributed by atoms with E-state index in [2.05, 4.69) is 22.7 Å². The van der Waals surface area contributed by atoms with Crippen molar-refractivity contribution in [2.24, 2.45) is 5.92 Å². The molecule has 3 aromatic carbocycles. The molecule has 1 heterocycles. The van der Waals surface area contributed by atoms with Crippen molar-refractivity contribution < 1.29 is 13.6 Å². The molecule has 1 unspecified atom stereocenters. The number of carbonyl (C=O) groups excluding carboxylic acids is 1. The fourth-order valence-electron chi connectivity index (χ4n) is 6.26. The summed E-state index contributed by atoms with van der Waals surface area (Å²) in [5.41, 5.74) is 7.27. The van der Waals surface area contributed by atoms with E-state index in [0.717, 1.165) is 42.6 Å². The predicted octanol–water partition coefficient (Wildman–Crippen LogP) is 7.47. The third-order valence-electron chi connectivity index (χ3n) is 8.08. The normalized spacial score (nSPS) is 18.8. The third kappa shape index (κ3) is 4.97. The van der Waals surface area contributed by atoms with Crippen LogP contribution in [-0.2, 0) is 6.42 Å². The van der Waals surface area contributed by atoms with Gasteiger partial charge in [0.05, 0.1) is 29.3 Å². The van der Waals surface area contributed by atoms with E-state index in [1.54, 1.807) is 30.3 Å². The van der Waals surface area contributed by atoms with Crippen molar-refractivity contribution in [2.75, 3.05) is 5.32 Å². The molecule has 1 aromatic heterocycles. The molecule has 7 heteroatoms.